The van der Waals surface area contributed by atoms with Crippen LogP contribution in [-0.2, 0) is 16.8 Å². The second-order valence-corrected chi connectivity index (χ2v) is 9.63. The van der Waals surface area contributed by atoms with Crippen LogP contribution in [0.15, 0.2) is 42.5 Å². The number of anilines is 1. The molecular formula is C20H25ClN2O5S. The fraction of sp³-hybridized carbons (Fsp3) is 0.350. The zero-order chi connectivity index (χ0) is 21.8. The Morgan fingerprint density at radius 2 is 1.79 bits per heavy atom. The lowest BCUT2D eigenvalue weighted by Crippen LogP contribution is -2.25. The summed E-state index contributed by atoms with van der Waals surface area (Å²) in [6, 6.07) is 11.3. The van der Waals surface area contributed by atoms with E-state index in [4.69, 9.17) is 20.9 Å². The highest BCUT2D eigenvalue weighted by atomic mass is 35.5. The average molecular weight is 441 g/mol. The summed E-state index contributed by atoms with van der Waals surface area (Å²) in [4.78, 5) is 12.3. The first kappa shape index (κ1) is 23.0. The molecule has 2 N–H and O–H groups in total. The van der Waals surface area contributed by atoms with Gasteiger partial charge in [0.2, 0.25) is 0 Å². The van der Waals surface area contributed by atoms with E-state index in [0.29, 0.717) is 27.8 Å². The quantitative estimate of drug-likeness (QED) is 0.636. The molecule has 7 nitrogen and oxygen atoms in total. The molecule has 2 rings (SSSR count). The van der Waals surface area contributed by atoms with Crippen molar-refractivity contribution in [2.24, 2.45) is 5.41 Å². The van der Waals surface area contributed by atoms with E-state index in [2.05, 4.69) is 26.1 Å². The number of rotatable bonds is 7. The molecule has 158 valence electrons. The van der Waals surface area contributed by atoms with Gasteiger partial charge in [0.25, 0.3) is 5.91 Å². The van der Waals surface area contributed by atoms with Gasteiger partial charge in [0.15, 0.2) is 0 Å². The Bertz CT molecular complexity index is 969. The summed E-state index contributed by atoms with van der Waals surface area (Å²) >= 11 is 6.17. The van der Waals surface area contributed by atoms with Gasteiger partial charge >= 0.3 is 10.3 Å². The minimum Gasteiger partial charge on any atom is -0.493 e. The molecule has 0 spiro atoms. The van der Waals surface area contributed by atoms with Crippen LogP contribution in [0.1, 0.15) is 36.7 Å². The van der Waals surface area contributed by atoms with E-state index in [1.807, 2.05) is 0 Å². The molecule has 0 saturated carbocycles. The first-order chi connectivity index (χ1) is 13.4. The maximum absolute atomic E-state index is 12.3. The monoisotopic (exact) mass is 440 g/mol. The molecule has 0 aliphatic heterocycles. The summed E-state index contributed by atoms with van der Waals surface area (Å²) in [7, 11) is -3.16. The molecule has 0 aliphatic rings. The van der Waals surface area contributed by atoms with Crippen molar-refractivity contribution in [3.8, 4) is 5.75 Å². The maximum Gasteiger partial charge on any atom is 0.359 e. The van der Waals surface area contributed by atoms with Gasteiger partial charge in [-0.05, 0) is 47.4 Å². The van der Waals surface area contributed by atoms with Crippen LogP contribution in [0.3, 0.4) is 0 Å². The largest absolute Gasteiger partial charge is 0.493 e. The van der Waals surface area contributed by atoms with Crippen molar-refractivity contribution in [2.75, 3.05) is 18.0 Å². The summed E-state index contributed by atoms with van der Waals surface area (Å²) in [5, 5.41) is 3.03. The molecule has 2 aromatic carbocycles. The normalized spacial score (nSPS) is 11.8. The summed E-state index contributed by atoms with van der Waals surface area (Å²) in [5.41, 5.74) is 1.34. The van der Waals surface area contributed by atoms with Crippen LogP contribution in [0.4, 0.5) is 5.69 Å². The lowest BCUT2D eigenvalue weighted by Gasteiger charge is -2.18. The summed E-state index contributed by atoms with van der Waals surface area (Å²) < 4.78 is 37.8. The van der Waals surface area contributed by atoms with E-state index >= 15 is 0 Å². The molecule has 0 fully saturated rings. The first-order valence-electron chi connectivity index (χ1n) is 8.88. The van der Waals surface area contributed by atoms with Gasteiger partial charge in [0.1, 0.15) is 5.75 Å². The summed E-state index contributed by atoms with van der Waals surface area (Å²) in [6.45, 7) is 6.96. The lowest BCUT2D eigenvalue weighted by atomic mass is 9.99. The molecule has 0 radical (unpaired) electrons. The second kappa shape index (κ2) is 9.02. The van der Waals surface area contributed by atoms with Crippen LogP contribution in [0.5, 0.6) is 5.75 Å². The Balaban J connectivity index is 1.98. The summed E-state index contributed by atoms with van der Waals surface area (Å²) in [5.74, 6) is 0.417. The third-order valence-corrected chi connectivity index (χ3v) is 5.23. The number of ether oxygens (including phenoxy) is 1. The van der Waals surface area contributed by atoms with E-state index < -0.39 is 10.3 Å². The molecule has 9 heteroatoms. The molecule has 0 bridgehead atoms. The van der Waals surface area contributed by atoms with Gasteiger partial charge in [-0.15, -0.1) is 0 Å². The molecule has 0 aliphatic carbocycles. The molecule has 0 heterocycles. The Hall–Kier alpha value is -2.29. The van der Waals surface area contributed by atoms with E-state index in [1.54, 1.807) is 30.3 Å². The number of nitrogens with one attached hydrogen (secondary N) is 1. The molecule has 1 amide bonds. The third kappa shape index (κ3) is 6.92. The van der Waals surface area contributed by atoms with E-state index in [-0.39, 0.29) is 28.6 Å². The fourth-order valence-electron chi connectivity index (χ4n) is 2.29. The van der Waals surface area contributed by atoms with Crippen molar-refractivity contribution in [3.05, 3.63) is 58.6 Å². The predicted molar refractivity (Wildman–Crippen MR) is 114 cm³/mol. The van der Waals surface area contributed by atoms with Gasteiger partial charge in [-0.3, -0.25) is 13.7 Å². The van der Waals surface area contributed by atoms with E-state index in [9.17, 15) is 13.2 Å². The molecule has 0 unspecified atom stereocenters. The molecule has 29 heavy (non-hydrogen) atoms. The smallest absolute Gasteiger partial charge is 0.359 e. The van der Waals surface area contributed by atoms with Crippen molar-refractivity contribution < 1.29 is 22.5 Å². The average Bonchev–Trinajstić information content (AvgIpc) is 2.63. The molecule has 0 saturated heterocycles. The van der Waals surface area contributed by atoms with E-state index in [1.165, 1.54) is 19.2 Å². The van der Waals surface area contributed by atoms with E-state index in [0.717, 1.165) is 0 Å². The van der Waals surface area contributed by atoms with Crippen molar-refractivity contribution in [1.29, 1.82) is 0 Å². The third-order valence-electron chi connectivity index (χ3n) is 3.97. The van der Waals surface area contributed by atoms with Crippen LogP contribution in [0.2, 0.25) is 5.02 Å². The maximum atomic E-state index is 12.3. The number of hydrogen-bond acceptors (Lipinski definition) is 4. The fourth-order valence-corrected chi connectivity index (χ4v) is 2.91. The lowest BCUT2D eigenvalue weighted by molar-refractivity contribution is 0.0951. The standard InChI is InChI=1S/C20H25ClN2O5S/c1-20(2,3)13-28-17-9-6-14(7-10-17)19(24)22-12-15-5-8-16(11-18(15)21)23(4)29(25,26)27/h5-11H,12-13H2,1-4H3,(H,22,24)(H,25,26,27). The topological polar surface area (TPSA) is 95.9 Å². The number of nitrogens with zero attached hydrogens (tertiary/aromatic N) is 1. The van der Waals surface area contributed by atoms with Crippen LogP contribution in [0, 0.1) is 5.41 Å². The number of hydrogen-bond donors (Lipinski definition) is 2. The Morgan fingerprint density at radius 3 is 2.31 bits per heavy atom. The van der Waals surface area contributed by atoms with Gasteiger partial charge in [-0.1, -0.05) is 38.4 Å². The van der Waals surface area contributed by atoms with Gasteiger partial charge in [0, 0.05) is 24.2 Å². The molecule has 2 aromatic rings. The predicted octanol–water partition coefficient (Wildman–Crippen LogP) is 3.93. The van der Waals surface area contributed by atoms with Crippen LogP contribution in [0.25, 0.3) is 0 Å². The van der Waals surface area contributed by atoms with Crippen molar-refractivity contribution >= 4 is 33.5 Å². The number of amides is 1. The minimum absolute atomic E-state index is 0.0427. The van der Waals surface area contributed by atoms with Crippen LogP contribution in [-0.4, -0.2) is 32.5 Å². The molecule has 0 atom stereocenters. The van der Waals surface area contributed by atoms with Gasteiger partial charge in [-0.25, -0.2) is 0 Å². The van der Waals surface area contributed by atoms with Gasteiger partial charge in [-0.2, -0.15) is 8.42 Å². The van der Waals surface area contributed by atoms with Crippen molar-refractivity contribution in [1.82, 2.24) is 5.32 Å². The SMILES string of the molecule is CN(c1ccc(CNC(=O)c2ccc(OCC(C)(C)C)cc2)c(Cl)c1)S(=O)(=O)O. The highest BCUT2D eigenvalue weighted by Crippen LogP contribution is 2.24. The van der Waals surface area contributed by atoms with Crippen LogP contribution >= 0.6 is 11.6 Å². The Labute approximate surface area is 176 Å². The zero-order valence-electron chi connectivity index (χ0n) is 16.8. The van der Waals surface area contributed by atoms with Gasteiger partial charge < -0.3 is 10.1 Å². The van der Waals surface area contributed by atoms with Crippen molar-refractivity contribution in [2.45, 2.75) is 27.3 Å². The van der Waals surface area contributed by atoms with Crippen LogP contribution < -0.4 is 14.4 Å². The zero-order valence-corrected chi connectivity index (χ0v) is 18.3. The minimum atomic E-state index is -4.37. The summed E-state index contributed by atoms with van der Waals surface area (Å²) in [6.07, 6.45) is 0. The number of carbonyl (C=O) groups excluding carboxylic acids is 1. The van der Waals surface area contributed by atoms with Gasteiger partial charge in [0.05, 0.1) is 12.3 Å². The number of carbonyl (C=O) groups is 1. The Morgan fingerprint density at radius 1 is 1.17 bits per heavy atom. The Kier molecular flexibility index (Phi) is 7.15. The molecule has 0 aromatic heterocycles. The number of benzene rings is 2. The van der Waals surface area contributed by atoms with Crippen molar-refractivity contribution in [3.63, 3.8) is 0 Å². The highest BCUT2D eigenvalue weighted by molar-refractivity contribution is 7.87. The second-order valence-electron chi connectivity index (χ2n) is 7.78. The molecular weight excluding hydrogens is 416 g/mol. The number of halogens is 1. The highest BCUT2D eigenvalue weighted by Gasteiger charge is 2.16. The first-order valence-corrected chi connectivity index (χ1v) is 10.7.